The summed E-state index contributed by atoms with van der Waals surface area (Å²) in [6, 6.07) is 0. The molecule has 5 heterocycles. The molecule has 3 atom stereocenters. The number of nitrogens with zero attached hydrogens (tertiary/aromatic N) is 7. The zero-order valence-corrected chi connectivity index (χ0v) is 19.3. The third-order valence-corrected chi connectivity index (χ3v) is 7.75. The smallest absolute Gasteiger partial charge is 0.219 e. The lowest BCUT2D eigenvalue weighted by Gasteiger charge is -2.30. The summed E-state index contributed by atoms with van der Waals surface area (Å²) in [4.78, 5) is 25.2. The van der Waals surface area contributed by atoms with Crippen LogP contribution in [0.3, 0.4) is 0 Å². The molecule has 1 aliphatic carbocycles. The Labute approximate surface area is 191 Å². The summed E-state index contributed by atoms with van der Waals surface area (Å²) in [5.74, 6) is 2.65. The molecule has 0 aromatic carbocycles. The largest absolute Gasteiger partial charge is 0.368 e. The molecule has 6 rings (SSSR count). The molecule has 9 nitrogen and oxygen atoms in total. The van der Waals surface area contributed by atoms with Gasteiger partial charge in [0.2, 0.25) is 5.95 Å². The Morgan fingerprint density at radius 3 is 2.73 bits per heavy atom. The zero-order chi connectivity index (χ0) is 23.0. The van der Waals surface area contributed by atoms with E-state index in [4.69, 9.17) is 25.4 Å². The summed E-state index contributed by atoms with van der Waals surface area (Å²) in [5, 5.41) is 0. The summed E-state index contributed by atoms with van der Waals surface area (Å²) >= 11 is 0. The van der Waals surface area contributed by atoms with E-state index in [1.165, 1.54) is 0 Å². The average molecular weight is 453 g/mol. The van der Waals surface area contributed by atoms with Crippen molar-refractivity contribution in [2.75, 3.05) is 30.3 Å². The van der Waals surface area contributed by atoms with Gasteiger partial charge in [-0.3, -0.25) is 0 Å². The third kappa shape index (κ3) is 3.10. The van der Waals surface area contributed by atoms with E-state index in [1.54, 1.807) is 12.4 Å². The monoisotopic (exact) mass is 452 g/mol. The molecule has 0 spiro atoms. The topological polar surface area (TPSA) is 108 Å². The molecule has 0 bridgehead atoms. The predicted molar refractivity (Wildman–Crippen MR) is 122 cm³/mol. The summed E-state index contributed by atoms with van der Waals surface area (Å²) in [5.41, 5.74) is 6.25. The lowest BCUT2D eigenvalue weighted by atomic mass is 9.88. The molecule has 174 valence electrons. The number of hydrogen-bond donors (Lipinski definition) is 1. The first-order valence-corrected chi connectivity index (χ1v) is 11.7. The number of anilines is 2. The van der Waals surface area contributed by atoms with E-state index >= 15 is 4.39 Å². The number of rotatable bonds is 3. The molecule has 3 aromatic rings. The van der Waals surface area contributed by atoms with E-state index < -0.39 is 11.3 Å². The maximum absolute atomic E-state index is 15.5. The van der Waals surface area contributed by atoms with Crippen LogP contribution >= 0.6 is 0 Å². The molecule has 3 aliphatic rings. The molecule has 2 fully saturated rings. The number of imidazole rings is 1. The van der Waals surface area contributed by atoms with Crippen LogP contribution in [-0.2, 0) is 16.9 Å². The first kappa shape index (κ1) is 20.7. The van der Waals surface area contributed by atoms with Crippen LogP contribution in [-0.4, -0.2) is 54.9 Å². The van der Waals surface area contributed by atoms with Crippen molar-refractivity contribution in [3.05, 3.63) is 18.2 Å². The molecule has 1 unspecified atom stereocenters. The van der Waals surface area contributed by atoms with Crippen molar-refractivity contribution in [1.82, 2.24) is 29.5 Å². The van der Waals surface area contributed by atoms with Crippen LogP contribution in [0, 0.1) is 11.8 Å². The number of fused-ring (bicyclic) bond motifs is 4. The molecule has 1 saturated carbocycles. The Hall–Kier alpha value is -2.88. The van der Waals surface area contributed by atoms with E-state index in [0.29, 0.717) is 49.8 Å². The van der Waals surface area contributed by atoms with Crippen LogP contribution in [0.5, 0.6) is 0 Å². The van der Waals surface area contributed by atoms with Gasteiger partial charge in [-0.1, -0.05) is 6.92 Å². The average Bonchev–Trinajstić information content (AvgIpc) is 3.48. The van der Waals surface area contributed by atoms with Gasteiger partial charge in [0, 0.05) is 37.9 Å². The van der Waals surface area contributed by atoms with Crippen LogP contribution in [0.15, 0.2) is 12.4 Å². The predicted octanol–water partition coefficient (Wildman–Crippen LogP) is 3.10. The highest BCUT2D eigenvalue weighted by Crippen LogP contribution is 2.50. The number of nitrogen functional groups attached to an aromatic ring is 1. The Bertz CT molecular complexity index is 1230. The van der Waals surface area contributed by atoms with Crippen molar-refractivity contribution in [2.24, 2.45) is 11.8 Å². The van der Waals surface area contributed by atoms with E-state index in [0.717, 1.165) is 35.8 Å². The molecule has 0 amide bonds. The molecular weight excluding hydrogens is 423 g/mol. The number of hydrogen-bond acceptors (Lipinski definition) is 8. The van der Waals surface area contributed by atoms with Crippen molar-refractivity contribution in [3.63, 3.8) is 0 Å². The van der Waals surface area contributed by atoms with Gasteiger partial charge in [0.05, 0.1) is 12.2 Å². The van der Waals surface area contributed by atoms with Crippen molar-refractivity contribution < 1.29 is 9.13 Å². The van der Waals surface area contributed by atoms with Crippen LogP contribution in [0.25, 0.3) is 22.6 Å². The van der Waals surface area contributed by atoms with Gasteiger partial charge < -0.3 is 19.9 Å². The second kappa shape index (κ2) is 7.06. The van der Waals surface area contributed by atoms with Crippen LogP contribution in [0.2, 0.25) is 0 Å². The van der Waals surface area contributed by atoms with Crippen molar-refractivity contribution >= 4 is 22.9 Å². The van der Waals surface area contributed by atoms with Gasteiger partial charge >= 0.3 is 0 Å². The van der Waals surface area contributed by atoms with Crippen LogP contribution in [0.1, 0.15) is 45.9 Å². The Morgan fingerprint density at radius 2 is 1.97 bits per heavy atom. The number of aromatic nitrogens is 6. The van der Waals surface area contributed by atoms with Gasteiger partial charge in [0.25, 0.3) is 0 Å². The van der Waals surface area contributed by atoms with Gasteiger partial charge in [0.15, 0.2) is 22.8 Å². The maximum atomic E-state index is 15.5. The molecule has 2 aliphatic heterocycles. The molecule has 33 heavy (non-hydrogen) atoms. The van der Waals surface area contributed by atoms with Gasteiger partial charge in [-0.25, -0.2) is 29.3 Å². The highest BCUT2D eigenvalue weighted by atomic mass is 19.1. The minimum Gasteiger partial charge on any atom is -0.368 e. The number of alkyl halides is 1. The minimum atomic E-state index is -1.09. The highest BCUT2D eigenvalue weighted by Gasteiger charge is 2.52. The van der Waals surface area contributed by atoms with Gasteiger partial charge in [-0.05, 0) is 39.0 Å². The van der Waals surface area contributed by atoms with E-state index in [1.807, 2.05) is 20.8 Å². The second-order valence-corrected chi connectivity index (χ2v) is 10.0. The first-order chi connectivity index (χ1) is 15.8. The lowest BCUT2D eigenvalue weighted by molar-refractivity contribution is -0.0530. The SMILES string of the molecule is CCC1(F)CC[C@@H]2CN(c3nc(-c4cnc(N)nc4)nc4c3nc3n4CCOC3(C)C)C[C@H]21. The molecule has 3 aromatic heterocycles. The molecule has 0 radical (unpaired) electrons. The third-order valence-electron chi connectivity index (χ3n) is 7.75. The second-order valence-electron chi connectivity index (χ2n) is 10.0. The summed E-state index contributed by atoms with van der Waals surface area (Å²) in [6.07, 6.45) is 5.40. The van der Waals surface area contributed by atoms with Crippen LogP contribution in [0.4, 0.5) is 16.2 Å². The standard InChI is InChI=1S/C23H29FN8O/c1-4-23(24)6-5-13-11-31(12-15(13)23)18-16-19(32-7-8-33-22(2,3)20(32)28-16)30-17(29-18)14-9-26-21(25)27-10-14/h9-10,13,15H,4-8,11-12H2,1-3H3,(H2,25,26,27)/t13-,15-,23?/m1/s1. The normalized spacial score (nSPS) is 28.3. The Balaban J connectivity index is 1.52. The molecule has 1 saturated heterocycles. The number of nitrogens with two attached hydrogens (primary N) is 1. The molecule has 10 heteroatoms. The number of ether oxygens (including phenoxy) is 1. The van der Waals surface area contributed by atoms with E-state index in [9.17, 15) is 0 Å². The van der Waals surface area contributed by atoms with Crippen molar-refractivity contribution in [2.45, 2.75) is 57.8 Å². The summed E-state index contributed by atoms with van der Waals surface area (Å²) in [7, 11) is 0. The summed E-state index contributed by atoms with van der Waals surface area (Å²) in [6.45, 7) is 8.66. The highest BCUT2D eigenvalue weighted by molar-refractivity contribution is 5.86. The fraction of sp³-hybridized carbons (Fsp3) is 0.609. The van der Waals surface area contributed by atoms with Gasteiger partial charge in [0.1, 0.15) is 17.1 Å². The Morgan fingerprint density at radius 1 is 1.18 bits per heavy atom. The molecular formula is C23H29FN8O. The quantitative estimate of drug-likeness (QED) is 0.646. The van der Waals surface area contributed by atoms with Crippen LogP contribution < -0.4 is 10.6 Å². The minimum absolute atomic E-state index is 0.0211. The summed E-state index contributed by atoms with van der Waals surface area (Å²) < 4.78 is 23.7. The maximum Gasteiger partial charge on any atom is 0.219 e. The van der Waals surface area contributed by atoms with E-state index in [2.05, 4.69) is 19.4 Å². The fourth-order valence-corrected chi connectivity index (χ4v) is 5.89. The Kier molecular flexibility index (Phi) is 4.43. The fourth-order valence-electron chi connectivity index (χ4n) is 5.89. The lowest BCUT2D eigenvalue weighted by Crippen LogP contribution is -2.33. The molecule has 2 N–H and O–H groups in total. The van der Waals surface area contributed by atoms with Crippen molar-refractivity contribution in [1.29, 1.82) is 0 Å². The van der Waals surface area contributed by atoms with Gasteiger partial charge in [-0.15, -0.1) is 0 Å². The van der Waals surface area contributed by atoms with Gasteiger partial charge in [-0.2, -0.15) is 0 Å². The zero-order valence-electron chi connectivity index (χ0n) is 19.3. The van der Waals surface area contributed by atoms with E-state index in [-0.39, 0.29) is 11.9 Å². The van der Waals surface area contributed by atoms with Crippen molar-refractivity contribution in [3.8, 4) is 11.4 Å². The number of halogens is 1. The first-order valence-electron chi connectivity index (χ1n) is 11.7.